The first-order valence-corrected chi connectivity index (χ1v) is 9.73. The van der Waals surface area contributed by atoms with Crippen LogP contribution in [0.4, 0.5) is 11.4 Å². The summed E-state index contributed by atoms with van der Waals surface area (Å²) in [6, 6.07) is 24.7. The third-order valence-corrected chi connectivity index (χ3v) is 4.53. The second-order valence-corrected chi connectivity index (χ2v) is 7.01. The van der Waals surface area contributed by atoms with E-state index in [2.05, 4.69) is 10.3 Å². The van der Waals surface area contributed by atoms with Crippen LogP contribution in [0.1, 0.15) is 25.5 Å². The number of hydrogen-bond acceptors (Lipinski definition) is 3. The Balaban J connectivity index is 1.61. The summed E-state index contributed by atoms with van der Waals surface area (Å²) in [4.78, 5) is 31.3. The van der Waals surface area contributed by atoms with Gasteiger partial charge in [-0.25, -0.2) is 0 Å². The average Bonchev–Trinajstić information content (AvgIpc) is 2.74. The van der Waals surface area contributed by atoms with Crippen LogP contribution in [0.15, 0.2) is 85.1 Å². The largest absolute Gasteiger partial charge is 0.350 e. The number of carbonyl (C=O) groups is 2. The number of aromatic nitrogens is 1. The van der Waals surface area contributed by atoms with Gasteiger partial charge in [0.25, 0.3) is 0 Å². The number of anilines is 2. The Hall–Kier alpha value is -3.47. The Morgan fingerprint density at radius 2 is 1.45 bits per heavy atom. The van der Waals surface area contributed by atoms with Crippen LogP contribution in [0.3, 0.4) is 0 Å². The normalized spacial score (nSPS) is 11.5. The number of rotatable bonds is 8. The van der Waals surface area contributed by atoms with E-state index in [1.54, 1.807) is 11.1 Å². The molecule has 5 heteroatoms. The Kier molecular flexibility index (Phi) is 7.11. The van der Waals surface area contributed by atoms with Gasteiger partial charge in [-0.05, 0) is 42.3 Å². The number of carbonyl (C=O) groups excluding carboxylic acids is 2. The van der Waals surface area contributed by atoms with E-state index in [9.17, 15) is 9.59 Å². The lowest BCUT2D eigenvalue weighted by molar-refractivity contribution is -0.122. The molecule has 2 aromatic carbocycles. The molecule has 1 atom stereocenters. The molecule has 148 valence electrons. The van der Waals surface area contributed by atoms with Crippen molar-refractivity contribution in [2.75, 3.05) is 4.90 Å². The lowest BCUT2D eigenvalue weighted by Gasteiger charge is -2.24. The SMILES string of the molecule is CC(CC(=O)NCc1ccccn1)CC(=O)N(c1ccccc1)c1ccccc1. The van der Waals surface area contributed by atoms with Gasteiger partial charge in [-0.1, -0.05) is 49.4 Å². The van der Waals surface area contributed by atoms with Gasteiger partial charge >= 0.3 is 0 Å². The summed E-state index contributed by atoms with van der Waals surface area (Å²) in [7, 11) is 0. The number of nitrogens with zero attached hydrogens (tertiary/aromatic N) is 2. The highest BCUT2D eigenvalue weighted by molar-refractivity contribution is 6.00. The molecule has 0 spiro atoms. The summed E-state index contributed by atoms with van der Waals surface area (Å²) in [5.41, 5.74) is 2.44. The lowest BCUT2D eigenvalue weighted by Crippen LogP contribution is -2.30. The van der Waals surface area contributed by atoms with Crippen molar-refractivity contribution >= 4 is 23.2 Å². The number of nitrogens with one attached hydrogen (secondary N) is 1. The molecule has 3 aromatic rings. The molecular weight excluding hydrogens is 362 g/mol. The van der Waals surface area contributed by atoms with Crippen molar-refractivity contribution in [2.24, 2.45) is 5.92 Å². The molecule has 0 aliphatic rings. The Morgan fingerprint density at radius 3 is 2.00 bits per heavy atom. The summed E-state index contributed by atoms with van der Waals surface area (Å²) in [5.74, 6) is -0.199. The molecule has 1 heterocycles. The van der Waals surface area contributed by atoms with Crippen molar-refractivity contribution in [3.05, 3.63) is 90.8 Å². The maximum Gasteiger partial charge on any atom is 0.231 e. The first kappa shape index (κ1) is 20.3. The minimum Gasteiger partial charge on any atom is -0.350 e. The molecule has 1 unspecified atom stereocenters. The standard InChI is InChI=1S/C24H25N3O2/c1-19(16-23(28)26-18-20-10-8-9-15-25-20)17-24(29)27(21-11-4-2-5-12-21)22-13-6-3-7-14-22/h2-15,19H,16-18H2,1H3,(H,26,28). The van der Waals surface area contributed by atoms with E-state index in [0.29, 0.717) is 6.54 Å². The van der Waals surface area contributed by atoms with Gasteiger partial charge in [0.15, 0.2) is 0 Å². The molecule has 0 aliphatic heterocycles. The fraction of sp³-hybridized carbons (Fsp3) is 0.208. The predicted octanol–water partition coefficient (Wildman–Crippen LogP) is 4.48. The third kappa shape index (κ3) is 6.01. The van der Waals surface area contributed by atoms with Gasteiger partial charge in [0.05, 0.1) is 12.2 Å². The van der Waals surface area contributed by atoms with Crippen LogP contribution in [0.25, 0.3) is 0 Å². The number of para-hydroxylation sites is 2. The maximum atomic E-state index is 13.1. The Morgan fingerprint density at radius 1 is 0.862 bits per heavy atom. The molecule has 2 amide bonds. The van der Waals surface area contributed by atoms with Crippen LogP contribution in [0, 0.1) is 5.92 Å². The summed E-state index contributed by atoms with van der Waals surface area (Å²) >= 11 is 0. The van der Waals surface area contributed by atoms with Crippen molar-refractivity contribution in [3.63, 3.8) is 0 Å². The highest BCUT2D eigenvalue weighted by atomic mass is 16.2. The van der Waals surface area contributed by atoms with Crippen LogP contribution in [-0.4, -0.2) is 16.8 Å². The molecule has 0 aliphatic carbocycles. The van der Waals surface area contributed by atoms with E-state index in [0.717, 1.165) is 17.1 Å². The van der Waals surface area contributed by atoms with E-state index in [1.165, 1.54) is 0 Å². The van der Waals surface area contributed by atoms with Crippen LogP contribution in [0.2, 0.25) is 0 Å². The molecule has 1 N–H and O–H groups in total. The van der Waals surface area contributed by atoms with Crippen LogP contribution in [0.5, 0.6) is 0 Å². The van der Waals surface area contributed by atoms with Crippen molar-refractivity contribution < 1.29 is 9.59 Å². The molecule has 1 aromatic heterocycles. The predicted molar refractivity (Wildman–Crippen MR) is 115 cm³/mol. The summed E-state index contributed by atoms with van der Waals surface area (Å²) in [5, 5.41) is 2.87. The summed E-state index contributed by atoms with van der Waals surface area (Å²) in [6.07, 6.45) is 2.27. The molecule has 0 saturated heterocycles. The summed E-state index contributed by atoms with van der Waals surface area (Å²) < 4.78 is 0. The maximum absolute atomic E-state index is 13.1. The fourth-order valence-corrected chi connectivity index (χ4v) is 3.13. The van der Waals surface area contributed by atoms with E-state index in [4.69, 9.17) is 0 Å². The Labute approximate surface area is 171 Å². The smallest absolute Gasteiger partial charge is 0.231 e. The molecule has 29 heavy (non-hydrogen) atoms. The first-order chi connectivity index (χ1) is 14.1. The minimum atomic E-state index is -0.0823. The number of benzene rings is 2. The molecule has 0 saturated carbocycles. The zero-order chi connectivity index (χ0) is 20.5. The number of pyridine rings is 1. The van der Waals surface area contributed by atoms with Gasteiger partial charge in [-0.2, -0.15) is 0 Å². The number of hydrogen-bond donors (Lipinski definition) is 1. The van der Waals surface area contributed by atoms with Gasteiger partial charge in [-0.15, -0.1) is 0 Å². The molecular formula is C24H25N3O2. The van der Waals surface area contributed by atoms with Crippen molar-refractivity contribution in [2.45, 2.75) is 26.3 Å². The second-order valence-electron chi connectivity index (χ2n) is 7.01. The third-order valence-electron chi connectivity index (χ3n) is 4.53. The molecule has 3 rings (SSSR count). The minimum absolute atomic E-state index is 0.0348. The van der Waals surface area contributed by atoms with Gasteiger partial charge in [0.2, 0.25) is 11.8 Å². The van der Waals surface area contributed by atoms with Gasteiger partial charge in [0, 0.05) is 30.4 Å². The van der Waals surface area contributed by atoms with Crippen molar-refractivity contribution in [1.29, 1.82) is 0 Å². The molecule has 0 radical (unpaired) electrons. The summed E-state index contributed by atoms with van der Waals surface area (Å²) in [6.45, 7) is 2.31. The molecule has 5 nitrogen and oxygen atoms in total. The second kappa shape index (κ2) is 10.2. The Bertz CT molecular complexity index is 875. The van der Waals surface area contributed by atoms with Gasteiger partial charge in [0.1, 0.15) is 0 Å². The van der Waals surface area contributed by atoms with Gasteiger partial charge in [-0.3, -0.25) is 19.5 Å². The van der Waals surface area contributed by atoms with E-state index in [1.807, 2.05) is 85.8 Å². The van der Waals surface area contributed by atoms with Crippen molar-refractivity contribution in [1.82, 2.24) is 10.3 Å². The van der Waals surface area contributed by atoms with E-state index >= 15 is 0 Å². The highest BCUT2D eigenvalue weighted by Crippen LogP contribution is 2.27. The quantitative estimate of drug-likeness (QED) is 0.620. The van der Waals surface area contributed by atoms with Gasteiger partial charge < -0.3 is 5.32 Å². The highest BCUT2D eigenvalue weighted by Gasteiger charge is 2.21. The number of amides is 2. The molecule has 0 fully saturated rings. The first-order valence-electron chi connectivity index (χ1n) is 9.73. The van der Waals surface area contributed by atoms with E-state index < -0.39 is 0 Å². The fourth-order valence-electron chi connectivity index (χ4n) is 3.13. The molecule has 0 bridgehead atoms. The zero-order valence-corrected chi connectivity index (χ0v) is 16.5. The van der Waals surface area contributed by atoms with Crippen LogP contribution < -0.4 is 10.2 Å². The zero-order valence-electron chi connectivity index (χ0n) is 16.5. The van der Waals surface area contributed by atoms with E-state index in [-0.39, 0.29) is 30.6 Å². The van der Waals surface area contributed by atoms with Crippen LogP contribution >= 0.6 is 0 Å². The van der Waals surface area contributed by atoms with Crippen molar-refractivity contribution in [3.8, 4) is 0 Å². The lowest BCUT2D eigenvalue weighted by atomic mass is 10.0. The average molecular weight is 387 g/mol. The monoisotopic (exact) mass is 387 g/mol. The van der Waals surface area contributed by atoms with Crippen LogP contribution in [-0.2, 0) is 16.1 Å². The topological polar surface area (TPSA) is 62.3 Å².